The van der Waals surface area contributed by atoms with E-state index < -0.39 is 0 Å². The molecule has 0 radical (unpaired) electrons. The van der Waals surface area contributed by atoms with Gasteiger partial charge < -0.3 is 10.6 Å². The highest BCUT2D eigenvalue weighted by Crippen LogP contribution is 2.21. The fourth-order valence-electron chi connectivity index (χ4n) is 1.53. The molecule has 7 nitrogen and oxygen atoms in total. The minimum absolute atomic E-state index is 0.357. The number of nitrogens with zero attached hydrogens (tertiary/aromatic N) is 2. The number of nitrogen functional groups attached to an aromatic ring is 1. The molecule has 0 aliphatic carbocycles. The van der Waals surface area contributed by atoms with Gasteiger partial charge in [-0.15, -0.1) is 0 Å². The molecule has 0 bridgehead atoms. The zero-order valence-electron chi connectivity index (χ0n) is 10.5. The van der Waals surface area contributed by atoms with Crippen molar-refractivity contribution < 1.29 is 10.0 Å². The number of hydroxylamine groups is 1. The van der Waals surface area contributed by atoms with Crippen LogP contribution in [0.25, 0.3) is 0 Å². The van der Waals surface area contributed by atoms with E-state index >= 15 is 0 Å². The van der Waals surface area contributed by atoms with Gasteiger partial charge in [0.25, 0.3) is 0 Å². The molecule has 0 atom stereocenters. The third-order valence-electron chi connectivity index (χ3n) is 2.48. The van der Waals surface area contributed by atoms with E-state index in [0.717, 1.165) is 11.1 Å². The quantitative estimate of drug-likeness (QED) is 0.152. The van der Waals surface area contributed by atoms with Crippen LogP contribution in [-0.4, -0.2) is 23.6 Å². The first-order chi connectivity index (χ1) is 9.08. The number of hydrazine groups is 1. The molecule has 104 valence electrons. The lowest BCUT2D eigenvalue weighted by Crippen LogP contribution is -2.27. The Labute approximate surface area is 116 Å². The van der Waals surface area contributed by atoms with E-state index in [0.29, 0.717) is 35.2 Å². The fraction of sp³-hybridized carbons (Fsp3) is 0.273. The van der Waals surface area contributed by atoms with Gasteiger partial charge in [-0.2, -0.15) is 5.17 Å². The van der Waals surface area contributed by atoms with E-state index in [1.807, 2.05) is 6.07 Å². The van der Waals surface area contributed by atoms with Crippen LogP contribution in [0, 0.1) is 0 Å². The van der Waals surface area contributed by atoms with Crippen LogP contribution >= 0.6 is 12.2 Å². The summed E-state index contributed by atoms with van der Waals surface area (Å²) in [5.74, 6) is 5.89. The Hall–Kier alpha value is -1.90. The second-order valence-corrected chi connectivity index (χ2v) is 3.92. The van der Waals surface area contributed by atoms with Gasteiger partial charge in [0, 0.05) is 13.5 Å². The summed E-state index contributed by atoms with van der Waals surface area (Å²) in [7, 11) is 1.66. The van der Waals surface area contributed by atoms with E-state index in [1.165, 1.54) is 0 Å². The Bertz CT molecular complexity index is 464. The van der Waals surface area contributed by atoms with E-state index in [1.54, 1.807) is 19.2 Å². The Balaban J connectivity index is 2.63. The highest BCUT2D eigenvalue weighted by Gasteiger charge is 2.06. The molecule has 0 saturated carbocycles. The Morgan fingerprint density at radius 1 is 1.63 bits per heavy atom. The molecule has 0 unspecified atom stereocenters. The van der Waals surface area contributed by atoms with Crippen molar-refractivity contribution in [2.45, 2.75) is 12.8 Å². The van der Waals surface area contributed by atoms with Crippen molar-refractivity contribution in [1.29, 1.82) is 0 Å². The summed E-state index contributed by atoms with van der Waals surface area (Å²) >= 11 is 4.53. The van der Waals surface area contributed by atoms with Crippen molar-refractivity contribution in [3.8, 4) is 0 Å². The zero-order valence-corrected chi connectivity index (χ0v) is 11.4. The number of aliphatic imine (C=N–C) groups is 1. The molecule has 19 heavy (non-hydrogen) atoms. The lowest BCUT2D eigenvalue weighted by molar-refractivity contribution is 0.258. The number of amidine groups is 1. The highest BCUT2D eigenvalue weighted by molar-refractivity contribution is 7.78. The van der Waals surface area contributed by atoms with Crippen LogP contribution in [0.15, 0.2) is 23.2 Å². The first-order valence-electron chi connectivity index (χ1n) is 5.51. The maximum absolute atomic E-state index is 9.12. The number of anilines is 2. The molecule has 1 aromatic carbocycles. The SMILES string of the molecule is CN=C(CCc1ccc(N(N)O)c(N)c1)NOC=S. The molecule has 1 aromatic rings. The Kier molecular flexibility index (Phi) is 6.00. The van der Waals surface area contributed by atoms with E-state index in [2.05, 4.69) is 22.7 Å². The van der Waals surface area contributed by atoms with Crippen LogP contribution in [0.3, 0.4) is 0 Å². The van der Waals surface area contributed by atoms with Crippen molar-refractivity contribution in [3.05, 3.63) is 23.8 Å². The van der Waals surface area contributed by atoms with Crippen LogP contribution in [-0.2, 0) is 11.3 Å². The fourth-order valence-corrected chi connectivity index (χ4v) is 1.58. The molecule has 0 spiro atoms. The average Bonchev–Trinajstić information content (AvgIpc) is 2.38. The molecule has 0 aliphatic heterocycles. The van der Waals surface area contributed by atoms with Crippen LogP contribution in [0.4, 0.5) is 11.4 Å². The molecular formula is C11H17N5O2S. The first-order valence-corrected chi connectivity index (χ1v) is 5.98. The minimum Gasteiger partial charge on any atom is -0.397 e. The van der Waals surface area contributed by atoms with Gasteiger partial charge in [-0.3, -0.25) is 10.2 Å². The van der Waals surface area contributed by atoms with Crippen molar-refractivity contribution in [1.82, 2.24) is 5.48 Å². The number of nitrogens with two attached hydrogens (primary N) is 2. The van der Waals surface area contributed by atoms with Gasteiger partial charge in [-0.25, -0.2) is 11.3 Å². The summed E-state index contributed by atoms with van der Waals surface area (Å²) in [6, 6.07) is 5.22. The molecule has 6 N–H and O–H groups in total. The molecule has 8 heteroatoms. The van der Waals surface area contributed by atoms with Crippen LogP contribution in [0.2, 0.25) is 0 Å². The summed E-state index contributed by atoms with van der Waals surface area (Å²) in [5, 5.41) is 9.61. The third-order valence-corrected chi connectivity index (χ3v) is 2.58. The van der Waals surface area contributed by atoms with Crippen LogP contribution in [0.1, 0.15) is 12.0 Å². The second-order valence-electron chi connectivity index (χ2n) is 3.72. The minimum atomic E-state index is 0.357. The first kappa shape index (κ1) is 15.2. The summed E-state index contributed by atoms with van der Waals surface area (Å²) < 4.78 is 0. The molecule has 0 heterocycles. The Morgan fingerprint density at radius 2 is 2.37 bits per heavy atom. The number of benzene rings is 1. The monoisotopic (exact) mass is 283 g/mol. The predicted molar refractivity (Wildman–Crippen MR) is 78.9 cm³/mol. The third kappa shape index (κ3) is 4.70. The average molecular weight is 283 g/mol. The van der Waals surface area contributed by atoms with Gasteiger partial charge in [0.2, 0.25) is 0 Å². The van der Waals surface area contributed by atoms with Crippen molar-refractivity contribution in [2.75, 3.05) is 18.0 Å². The summed E-state index contributed by atoms with van der Waals surface area (Å²) in [6.45, 7) is 0. The van der Waals surface area contributed by atoms with Gasteiger partial charge in [0.05, 0.1) is 5.69 Å². The largest absolute Gasteiger partial charge is 0.397 e. The van der Waals surface area contributed by atoms with Crippen LogP contribution in [0.5, 0.6) is 0 Å². The lowest BCUT2D eigenvalue weighted by atomic mass is 10.1. The maximum Gasteiger partial charge on any atom is 0.182 e. The van der Waals surface area contributed by atoms with E-state index in [-0.39, 0.29) is 0 Å². The molecule has 0 fully saturated rings. The van der Waals surface area contributed by atoms with Gasteiger partial charge in [0.15, 0.2) is 5.55 Å². The molecule has 0 aliphatic rings. The summed E-state index contributed by atoms with van der Waals surface area (Å²) in [6.07, 6.45) is 1.35. The van der Waals surface area contributed by atoms with Crippen LogP contribution < -0.4 is 22.2 Å². The van der Waals surface area contributed by atoms with Crippen molar-refractivity contribution >= 4 is 35.0 Å². The number of hydrogen-bond donors (Lipinski definition) is 4. The molecular weight excluding hydrogens is 266 g/mol. The Morgan fingerprint density at radius 3 is 2.89 bits per heavy atom. The molecule has 1 rings (SSSR count). The number of hydrogen-bond acceptors (Lipinski definition) is 7. The van der Waals surface area contributed by atoms with Gasteiger partial charge in [-0.1, -0.05) is 6.07 Å². The second kappa shape index (κ2) is 7.52. The number of thiocarbonyl (C=S) groups is 1. The predicted octanol–water partition coefficient (Wildman–Crippen LogP) is 0.777. The molecule has 0 aromatic heterocycles. The van der Waals surface area contributed by atoms with E-state index in [4.69, 9.17) is 21.6 Å². The van der Waals surface area contributed by atoms with Crippen molar-refractivity contribution in [2.24, 2.45) is 10.8 Å². The van der Waals surface area contributed by atoms with Gasteiger partial charge >= 0.3 is 0 Å². The highest BCUT2D eigenvalue weighted by atomic mass is 32.1. The zero-order chi connectivity index (χ0) is 14.3. The maximum atomic E-state index is 9.12. The molecule has 0 amide bonds. The topological polar surface area (TPSA) is 109 Å². The standard InChI is InChI=1S/C11H17N5O2S/c1-14-11(15-18-7-19)5-3-8-2-4-10(16(13)17)9(12)6-8/h2,4,6-7,17H,3,5,12-13H2,1H3,(H,14,15). The van der Waals surface area contributed by atoms with E-state index in [9.17, 15) is 0 Å². The summed E-state index contributed by atoms with van der Waals surface area (Å²) in [5.41, 5.74) is 11.3. The van der Waals surface area contributed by atoms with Gasteiger partial charge in [-0.05, 0) is 36.3 Å². The van der Waals surface area contributed by atoms with Gasteiger partial charge in [0.1, 0.15) is 11.5 Å². The van der Waals surface area contributed by atoms with Crippen molar-refractivity contribution in [3.63, 3.8) is 0 Å². The smallest absolute Gasteiger partial charge is 0.182 e. The number of rotatable bonds is 6. The molecule has 0 saturated heterocycles. The lowest BCUT2D eigenvalue weighted by Gasteiger charge is -2.13. The number of nitrogens with one attached hydrogen (secondary N) is 1. The summed E-state index contributed by atoms with van der Waals surface area (Å²) in [4.78, 5) is 8.80. The normalized spacial score (nSPS) is 11.0. The number of aryl methyl sites for hydroxylation is 1.